The number of hydrogen-bond acceptors (Lipinski definition) is 7. The topological polar surface area (TPSA) is 101 Å². The summed E-state index contributed by atoms with van der Waals surface area (Å²) >= 11 is 0. The average molecular weight is 494 g/mol. The van der Waals surface area contributed by atoms with Crippen LogP contribution in [0.4, 0.5) is 4.79 Å². The van der Waals surface area contributed by atoms with Crippen molar-refractivity contribution in [3.05, 3.63) is 64.7 Å². The Morgan fingerprint density at radius 2 is 1.94 bits per heavy atom. The van der Waals surface area contributed by atoms with Gasteiger partial charge in [-0.3, -0.25) is 9.36 Å². The maximum Gasteiger partial charge on any atom is 0.408 e. The number of hydrogen-bond donors (Lipinski definition) is 1. The molecule has 190 valence electrons. The van der Waals surface area contributed by atoms with Crippen molar-refractivity contribution < 1.29 is 23.7 Å². The normalized spacial score (nSPS) is 23.4. The van der Waals surface area contributed by atoms with Crippen LogP contribution in [0, 0.1) is 5.41 Å². The zero-order valence-corrected chi connectivity index (χ0v) is 21.1. The molecule has 3 aromatic rings. The minimum atomic E-state index is -0.655. The van der Waals surface area contributed by atoms with Crippen LogP contribution in [0.15, 0.2) is 53.3 Å². The van der Waals surface area contributed by atoms with Gasteiger partial charge in [0.15, 0.2) is 6.79 Å². The SMILES string of the molecule is C[C@H](NC(=O)OC(C)(C)C)c1nc2cccc(OCO[C@@H]3[C@H]4OC[C@]34C)c2c(=O)n1-c1ccccc1. The van der Waals surface area contributed by atoms with E-state index in [1.54, 1.807) is 45.9 Å². The van der Waals surface area contributed by atoms with Crippen molar-refractivity contribution in [2.75, 3.05) is 13.4 Å². The lowest BCUT2D eigenvalue weighted by atomic mass is 10.1. The van der Waals surface area contributed by atoms with E-state index in [0.717, 1.165) is 0 Å². The maximum absolute atomic E-state index is 13.9. The molecular formula is C27H31N3O6. The minimum absolute atomic E-state index is 0.00234. The molecule has 4 atom stereocenters. The molecule has 1 N–H and O–H groups in total. The number of para-hydroxylation sites is 1. The minimum Gasteiger partial charge on any atom is -0.467 e. The highest BCUT2D eigenvalue weighted by Crippen LogP contribution is 2.58. The third-order valence-electron chi connectivity index (χ3n) is 6.52. The van der Waals surface area contributed by atoms with E-state index in [9.17, 15) is 9.59 Å². The van der Waals surface area contributed by atoms with Crippen LogP contribution in [0.2, 0.25) is 0 Å². The van der Waals surface area contributed by atoms with Gasteiger partial charge in [-0.15, -0.1) is 0 Å². The number of ether oxygens (including phenoxy) is 4. The van der Waals surface area contributed by atoms with Gasteiger partial charge >= 0.3 is 6.09 Å². The van der Waals surface area contributed by atoms with Crippen LogP contribution in [0.1, 0.15) is 46.5 Å². The molecule has 1 aromatic heterocycles. The Hall–Kier alpha value is -3.43. The van der Waals surface area contributed by atoms with E-state index in [2.05, 4.69) is 12.2 Å². The number of rotatable bonds is 7. The molecule has 1 amide bonds. The number of fused-ring (bicyclic) bond motifs is 2. The van der Waals surface area contributed by atoms with Crippen LogP contribution in [0.25, 0.3) is 16.6 Å². The van der Waals surface area contributed by atoms with Gasteiger partial charge in [-0.1, -0.05) is 31.2 Å². The van der Waals surface area contributed by atoms with Gasteiger partial charge in [0, 0.05) is 5.41 Å². The smallest absolute Gasteiger partial charge is 0.408 e. The lowest BCUT2D eigenvalue weighted by molar-refractivity contribution is -0.0267. The van der Waals surface area contributed by atoms with Crippen LogP contribution >= 0.6 is 0 Å². The molecule has 2 fully saturated rings. The maximum atomic E-state index is 13.9. The lowest BCUT2D eigenvalue weighted by Crippen LogP contribution is -2.37. The molecule has 0 unspecified atom stereocenters. The largest absolute Gasteiger partial charge is 0.467 e. The number of alkyl carbamates (subject to hydrolysis) is 1. The Morgan fingerprint density at radius 1 is 1.22 bits per heavy atom. The van der Waals surface area contributed by atoms with Gasteiger partial charge in [-0.2, -0.15) is 0 Å². The van der Waals surface area contributed by atoms with Gasteiger partial charge in [0.1, 0.15) is 22.6 Å². The number of benzene rings is 2. The molecule has 5 rings (SSSR count). The summed E-state index contributed by atoms with van der Waals surface area (Å²) in [5.41, 5.74) is 0.194. The van der Waals surface area contributed by atoms with Crippen molar-refractivity contribution in [2.45, 2.75) is 58.5 Å². The van der Waals surface area contributed by atoms with Crippen molar-refractivity contribution in [2.24, 2.45) is 5.41 Å². The molecule has 36 heavy (non-hydrogen) atoms. The Kier molecular flexibility index (Phi) is 6.00. The van der Waals surface area contributed by atoms with Gasteiger partial charge in [-0.25, -0.2) is 9.78 Å². The van der Waals surface area contributed by atoms with Crippen molar-refractivity contribution in [1.82, 2.24) is 14.9 Å². The molecule has 1 saturated carbocycles. The summed E-state index contributed by atoms with van der Waals surface area (Å²) in [5.74, 6) is 0.755. The fraction of sp³-hybridized carbons (Fsp3) is 0.444. The molecule has 1 aliphatic carbocycles. The number of amides is 1. The monoisotopic (exact) mass is 493 g/mol. The van der Waals surface area contributed by atoms with Crippen molar-refractivity contribution in [1.29, 1.82) is 0 Å². The predicted octanol–water partition coefficient (Wildman–Crippen LogP) is 4.11. The fourth-order valence-corrected chi connectivity index (χ4v) is 4.54. The van der Waals surface area contributed by atoms with Crippen LogP contribution < -0.4 is 15.6 Å². The van der Waals surface area contributed by atoms with Crippen molar-refractivity contribution >= 4 is 17.0 Å². The van der Waals surface area contributed by atoms with Gasteiger partial charge in [0.25, 0.3) is 5.56 Å². The molecule has 0 radical (unpaired) electrons. The fourth-order valence-electron chi connectivity index (χ4n) is 4.54. The molecule has 2 aromatic carbocycles. The lowest BCUT2D eigenvalue weighted by Gasteiger charge is -2.23. The van der Waals surface area contributed by atoms with E-state index >= 15 is 0 Å². The first-order valence-corrected chi connectivity index (χ1v) is 12.0. The molecule has 2 heterocycles. The summed E-state index contributed by atoms with van der Waals surface area (Å²) in [4.78, 5) is 31.1. The van der Waals surface area contributed by atoms with E-state index in [1.165, 1.54) is 4.57 Å². The van der Waals surface area contributed by atoms with E-state index < -0.39 is 17.7 Å². The molecular weight excluding hydrogens is 462 g/mol. The Balaban J connectivity index is 1.49. The Morgan fingerprint density at radius 3 is 2.58 bits per heavy atom. The first-order chi connectivity index (χ1) is 17.1. The second-order valence-electron chi connectivity index (χ2n) is 10.6. The number of aromatic nitrogens is 2. The van der Waals surface area contributed by atoms with E-state index in [4.69, 9.17) is 23.9 Å². The third kappa shape index (κ3) is 4.44. The van der Waals surface area contributed by atoms with Crippen molar-refractivity contribution in [3.8, 4) is 11.4 Å². The summed E-state index contributed by atoms with van der Waals surface area (Å²) in [6.45, 7) is 9.95. The summed E-state index contributed by atoms with van der Waals surface area (Å²) in [6, 6.07) is 13.8. The average Bonchev–Trinajstić information content (AvgIpc) is 3.22. The van der Waals surface area contributed by atoms with Crippen LogP contribution in [-0.2, 0) is 14.2 Å². The van der Waals surface area contributed by atoms with Crippen LogP contribution in [0.5, 0.6) is 5.75 Å². The summed E-state index contributed by atoms with van der Waals surface area (Å²) in [5, 5.41) is 3.13. The quantitative estimate of drug-likeness (QED) is 0.494. The Labute approximate surface area is 209 Å². The van der Waals surface area contributed by atoms with Crippen LogP contribution in [-0.4, -0.2) is 46.9 Å². The van der Waals surface area contributed by atoms with E-state index in [0.29, 0.717) is 34.8 Å². The molecule has 9 heteroatoms. The van der Waals surface area contributed by atoms with Gasteiger partial charge in [0.2, 0.25) is 0 Å². The van der Waals surface area contributed by atoms with Gasteiger partial charge in [0.05, 0.1) is 36.1 Å². The first kappa shape index (κ1) is 24.3. The number of carbonyl (C=O) groups excluding carboxylic acids is 1. The highest BCUT2D eigenvalue weighted by Gasteiger charge is 2.71. The molecule has 0 spiro atoms. The van der Waals surface area contributed by atoms with E-state index in [-0.39, 0.29) is 30.0 Å². The summed E-state index contributed by atoms with van der Waals surface area (Å²) in [6.07, 6.45) is -0.449. The highest BCUT2D eigenvalue weighted by atomic mass is 16.7. The Bertz CT molecular complexity index is 1350. The number of nitrogens with zero attached hydrogens (tertiary/aromatic N) is 2. The van der Waals surface area contributed by atoms with Gasteiger partial charge < -0.3 is 24.3 Å². The zero-order chi connectivity index (χ0) is 25.7. The van der Waals surface area contributed by atoms with E-state index in [1.807, 2.05) is 30.3 Å². The molecule has 1 aliphatic heterocycles. The predicted molar refractivity (Wildman–Crippen MR) is 133 cm³/mol. The summed E-state index contributed by atoms with van der Waals surface area (Å²) < 4.78 is 24.1. The number of nitrogens with one attached hydrogen (secondary N) is 1. The summed E-state index contributed by atoms with van der Waals surface area (Å²) in [7, 11) is 0. The van der Waals surface area contributed by atoms with Gasteiger partial charge in [-0.05, 0) is 52.0 Å². The molecule has 1 saturated heterocycles. The van der Waals surface area contributed by atoms with Crippen molar-refractivity contribution in [3.63, 3.8) is 0 Å². The highest BCUT2D eigenvalue weighted by molar-refractivity contribution is 5.84. The second-order valence-corrected chi connectivity index (χ2v) is 10.6. The first-order valence-electron chi connectivity index (χ1n) is 12.0. The molecule has 9 nitrogen and oxygen atoms in total. The third-order valence-corrected chi connectivity index (χ3v) is 6.52. The molecule has 2 aliphatic rings. The second kappa shape index (κ2) is 8.90. The number of carbonyl (C=O) groups is 1. The zero-order valence-electron chi connectivity index (χ0n) is 21.1. The standard InChI is InChI=1S/C27H31N3O6/c1-16(28-25(32)36-26(2,3)4)23-29-18-12-9-13-19(34-15-35-22-21-27(22,5)14-33-21)20(18)24(31)30(23)17-10-7-6-8-11-17/h6-13,16,21-22H,14-15H2,1-5H3,(H,28,32)/t16-,21+,22+,27-/m0/s1. The van der Waals surface area contributed by atoms with Crippen LogP contribution in [0.3, 0.4) is 0 Å². The molecule has 0 bridgehead atoms.